The van der Waals surface area contributed by atoms with Crippen LogP contribution in [-0.2, 0) is 0 Å². The molecule has 1 aliphatic rings. The zero-order valence-corrected chi connectivity index (χ0v) is 10.7. The highest BCUT2D eigenvalue weighted by Crippen LogP contribution is 2.21. The summed E-state index contributed by atoms with van der Waals surface area (Å²) >= 11 is 0. The molecule has 0 amide bonds. The second-order valence-electron chi connectivity index (χ2n) is 4.61. The monoisotopic (exact) mass is 226 g/mol. The maximum atomic E-state index is 5.54. The summed E-state index contributed by atoms with van der Waals surface area (Å²) in [5.74, 6) is 6.39. The van der Waals surface area contributed by atoms with E-state index in [9.17, 15) is 0 Å². The molecule has 3 N–H and O–H groups in total. The smallest absolute Gasteiger partial charge is 0.208 e. The molecule has 1 saturated carbocycles. The molecule has 0 aromatic rings. The van der Waals surface area contributed by atoms with Crippen molar-refractivity contribution < 1.29 is 0 Å². The van der Waals surface area contributed by atoms with Gasteiger partial charge in [0.05, 0.1) is 0 Å². The molecule has 4 nitrogen and oxygen atoms in total. The van der Waals surface area contributed by atoms with E-state index in [2.05, 4.69) is 29.3 Å². The van der Waals surface area contributed by atoms with Gasteiger partial charge >= 0.3 is 0 Å². The Bertz CT molecular complexity index is 209. The molecular weight excluding hydrogens is 200 g/mol. The van der Waals surface area contributed by atoms with Crippen molar-refractivity contribution in [1.29, 1.82) is 0 Å². The highest BCUT2D eigenvalue weighted by Gasteiger charge is 2.19. The lowest BCUT2D eigenvalue weighted by atomic mass is 9.95. The van der Waals surface area contributed by atoms with Crippen molar-refractivity contribution in [3.63, 3.8) is 0 Å². The molecule has 1 fully saturated rings. The van der Waals surface area contributed by atoms with Crippen molar-refractivity contribution in [2.24, 2.45) is 10.8 Å². The van der Waals surface area contributed by atoms with Gasteiger partial charge in [-0.2, -0.15) is 0 Å². The maximum absolute atomic E-state index is 5.54. The first-order chi connectivity index (χ1) is 7.79. The molecule has 0 aliphatic heterocycles. The molecule has 0 aromatic carbocycles. The third-order valence-corrected chi connectivity index (χ3v) is 3.36. The van der Waals surface area contributed by atoms with Gasteiger partial charge in [-0.25, -0.2) is 5.84 Å². The second kappa shape index (κ2) is 7.49. The quantitative estimate of drug-likeness (QED) is 0.253. The zero-order valence-electron chi connectivity index (χ0n) is 10.7. The van der Waals surface area contributed by atoms with Gasteiger partial charge in [0.15, 0.2) is 0 Å². The van der Waals surface area contributed by atoms with Crippen molar-refractivity contribution in [3.8, 4) is 0 Å². The van der Waals surface area contributed by atoms with E-state index in [0.29, 0.717) is 6.04 Å². The Kier molecular flexibility index (Phi) is 6.23. The van der Waals surface area contributed by atoms with E-state index in [1.54, 1.807) is 0 Å². The number of unbranched alkanes of at least 4 members (excludes halogenated alkanes) is 1. The van der Waals surface area contributed by atoms with Crippen molar-refractivity contribution in [2.45, 2.75) is 57.9 Å². The summed E-state index contributed by atoms with van der Waals surface area (Å²) in [5.41, 5.74) is 2.73. The molecule has 94 valence electrons. The average Bonchev–Trinajstić information content (AvgIpc) is 2.35. The Morgan fingerprint density at radius 3 is 2.62 bits per heavy atom. The second-order valence-corrected chi connectivity index (χ2v) is 4.61. The Morgan fingerprint density at radius 1 is 1.38 bits per heavy atom. The van der Waals surface area contributed by atoms with Crippen LogP contribution in [-0.4, -0.2) is 30.5 Å². The topological polar surface area (TPSA) is 53.6 Å². The number of rotatable bonds is 4. The van der Waals surface area contributed by atoms with Crippen molar-refractivity contribution in [2.75, 3.05) is 13.6 Å². The lowest BCUT2D eigenvalue weighted by Gasteiger charge is -2.33. The molecule has 0 bridgehead atoms. The zero-order chi connectivity index (χ0) is 11.8. The third-order valence-electron chi connectivity index (χ3n) is 3.36. The lowest BCUT2D eigenvalue weighted by molar-refractivity contribution is 0.271. The van der Waals surface area contributed by atoms with Crippen LogP contribution in [0.2, 0.25) is 0 Å². The summed E-state index contributed by atoms with van der Waals surface area (Å²) in [6.45, 7) is 3.04. The minimum atomic E-state index is 0.616. The van der Waals surface area contributed by atoms with Gasteiger partial charge in [-0.05, 0) is 19.3 Å². The molecule has 0 radical (unpaired) electrons. The van der Waals surface area contributed by atoms with Crippen LogP contribution < -0.4 is 11.3 Å². The Balaban J connectivity index is 2.46. The number of nitrogens with two attached hydrogens (primary N) is 1. The van der Waals surface area contributed by atoms with Gasteiger partial charge in [-0.1, -0.05) is 32.6 Å². The molecule has 16 heavy (non-hydrogen) atoms. The highest BCUT2D eigenvalue weighted by atomic mass is 15.4. The molecule has 1 rings (SSSR count). The number of nitrogens with zero attached hydrogens (tertiary/aromatic N) is 2. The summed E-state index contributed by atoms with van der Waals surface area (Å²) in [5, 5.41) is 0. The molecule has 0 unspecified atom stereocenters. The number of hydrazine groups is 1. The fourth-order valence-corrected chi connectivity index (χ4v) is 2.24. The number of hydrogen-bond donors (Lipinski definition) is 2. The molecular formula is C12H26N4. The number of hydrogen-bond acceptors (Lipinski definition) is 2. The summed E-state index contributed by atoms with van der Waals surface area (Å²) in [7, 11) is 2.10. The van der Waals surface area contributed by atoms with E-state index in [1.807, 2.05) is 0 Å². The SMILES string of the molecule is CCCCN=C(NN)N(C)C1CCCCC1. The summed E-state index contributed by atoms with van der Waals surface area (Å²) in [6, 6.07) is 0.616. The van der Waals surface area contributed by atoms with E-state index in [4.69, 9.17) is 5.84 Å². The van der Waals surface area contributed by atoms with Crippen LogP contribution >= 0.6 is 0 Å². The van der Waals surface area contributed by atoms with Gasteiger partial charge in [-0.3, -0.25) is 10.4 Å². The first kappa shape index (κ1) is 13.3. The predicted octanol–water partition coefficient (Wildman–Crippen LogP) is 1.87. The number of aliphatic imine (C=N–C) groups is 1. The summed E-state index contributed by atoms with van der Waals surface area (Å²) < 4.78 is 0. The Hall–Kier alpha value is -0.770. The van der Waals surface area contributed by atoms with Crippen molar-refractivity contribution in [1.82, 2.24) is 10.3 Å². The predicted molar refractivity (Wildman–Crippen MR) is 69.2 cm³/mol. The van der Waals surface area contributed by atoms with E-state index in [-0.39, 0.29) is 0 Å². The van der Waals surface area contributed by atoms with Crippen molar-refractivity contribution >= 4 is 5.96 Å². The summed E-state index contributed by atoms with van der Waals surface area (Å²) in [6.07, 6.45) is 8.89. The molecule has 0 aromatic heterocycles. The first-order valence-corrected chi connectivity index (χ1v) is 6.53. The van der Waals surface area contributed by atoms with E-state index >= 15 is 0 Å². The van der Waals surface area contributed by atoms with Gasteiger partial charge in [0, 0.05) is 19.6 Å². The highest BCUT2D eigenvalue weighted by molar-refractivity contribution is 5.79. The lowest BCUT2D eigenvalue weighted by Crippen LogP contribution is -2.48. The molecule has 0 spiro atoms. The normalized spacial score (nSPS) is 18.6. The maximum Gasteiger partial charge on any atom is 0.208 e. The minimum Gasteiger partial charge on any atom is -0.342 e. The van der Waals surface area contributed by atoms with Gasteiger partial charge in [0.25, 0.3) is 0 Å². The molecule has 0 heterocycles. The molecule has 4 heteroatoms. The molecule has 0 saturated heterocycles. The summed E-state index contributed by atoms with van der Waals surface area (Å²) in [4.78, 5) is 6.73. The van der Waals surface area contributed by atoms with Crippen LogP contribution in [0.4, 0.5) is 0 Å². The van der Waals surface area contributed by atoms with Gasteiger partial charge < -0.3 is 4.90 Å². The van der Waals surface area contributed by atoms with Gasteiger partial charge in [-0.15, -0.1) is 0 Å². The standard InChI is InChI=1S/C12H26N4/c1-3-4-10-14-12(15-13)16(2)11-8-6-5-7-9-11/h11H,3-10,13H2,1-2H3,(H,14,15). The Morgan fingerprint density at radius 2 is 2.06 bits per heavy atom. The first-order valence-electron chi connectivity index (χ1n) is 6.53. The Labute approximate surface area is 99.3 Å². The van der Waals surface area contributed by atoms with E-state index < -0.39 is 0 Å². The average molecular weight is 226 g/mol. The van der Waals surface area contributed by atoms with Crippen LogP contribution in [0, 0.1) is 0 Å². The fraction of sp³-hybridized carbons (Fsp3) is 0.917. The van der Waals surface area contributed by atoms with E-state index in [1.165, 1.54) is 38.5 Å². The largest absolute Gasteiger partial charge is 0.342 e. The number of nitrogens with one attached hydrogen (secondary N) is 1. The number of guanidine groups is 1. The van der Waals surface area contributed by atoms with Crippen LogP contribution in [0.25, 0.3) is 0 Å². The fourth-order valence-electron chi connectivity index (χ4n) is 2.24. The van der Waals surface area contributed by atoms with Gasteiger partial charge in [0.1, 0.15) is 0 Å². The van der Waals surface area contributed by atoms with Gasteiger partial charge in [0.2, 0.25) is 5.96 Å². The molecule has 1 aliphatic carbocycles. The van der Waals surface area contributed by atoms with Crippen LogP contribution in [0.3, 0.4) is 0 Å². The van der Waals surface area contributed by atoms with Crippen LogP contribution in [0.1, 0.15) is 51.9 Å². The van der Waals surface area contributed by atoms with Crippen molar-refractivity contribution in [3.05, 3.63) is 0 Å². The minimum absolute atomic E-state index is 0.616. The van der Waals surface area contributed by atoms with E-state index in [0.717, 1.165) is 18.9 Å². The molecule has 0 atom stereocenters. The van der Waals surface area contributed by atoms with Crippen LogP contribution in [0.15, 0.2) is 4.99 Å². The third kappa shape index (κ3) is 4.00. The van der Waals surface area contributed by atoms with Crippen LogP contribution in [0.5, 0.6) is 0 Å².